The van der Waals surface area contributed by atoms with Gasteiger partial charge in [-0.2, -0.15) is 0 Å². The predicted molar refractivity (Wildman–Crippen MR) is 18.1 cm³/mol. The van der Waals surface area contributed by atoms with Crippen molar-refractivity contribution in [2.24, 2.45) is 0 Å². The largest absolute Gasteiger partial charge is 3.00 e. The van der Waals surface area contributed by atoms with Crippen molar-refractivity contribution in [2.45, 2.75) is 0 Å². The van der Waals surface area contributed by atoms with Crippen LogP contribution in [0.25, 0.3) is 0 Å². The van der Waals surface area contributed by atoms with Gasteiger partial charge in [-0.25, -0.2) is 0 Å². The molecule has 0 amide bonds. The average Bonchev–Trinajstić information content (AvgIpc) is 0. The molecule has 0 atom stereocenters. The van der Waals surface area contributed by atoms with E-state index < -0.39 is 0 Å². The van der Waals surface area contributed by atoms with Crippen LogP contribution in [0.4, 0.5) is 0 Å². The minimum Gasteiger partial charge on any atom is -1.00 e. The molecule has 0 aromatic rings. The first kappa shape index (κ1) is 598. The molecule has 0 aromatic heterocycles. The average molecular weight is 248 g/mol. The maximum atomic E-state index is 0. The van der Waals surface area contributed by atoms with Gasteiger partial charge in [-0.1, -0.05) is 0 Å². The SMILES string of the molecule is O.O.O.O.O.[Cl-].[Cl-].[Cl-].[Cr+3]. The summed E-state index contributed by atoms with van der Waals surface area (Å²) in [7, 11) is 0. The van der Waals surface area contributed by atoms with E-state index in [4.69, 9.17) is 0 Å². The van der Waals surface area contributed by atoms with E-state index in [1.165, 1.54) is 0 Å². The van der Waals surface area contributed by atoms with Gasteiger partial charge < -0.3 is 64.6 Å². The van der Waals surface area contributed by atoms with E-state index in [9.17, 15) is 0 Å². The van der Waals surface area contributed by atoms with E-state index in [0.717, 1.165) is 0 Å². The van der Waals surface area contributed by atoms with Crippen LogP contribution in [0.3, 0.4) is 0 Å². The van der Waals surface area contributed by atoms with Crippen LogP contribution >= 0.6 is 0 Å². The van der Waals surface area contributed by atoms with E-state index in [1.54, 1.807) is 0 Å². The van der Waals surface area contributed by atoms with Crippen LogP contribution in [-0.4, -0.2) is 27.4 Å². The molecule has 9 heteroatoms. The summed E-state index contributed by atoms with van der Waals surface area (Å²) in [6.45, 7) is 0. The zero-order valence-electron chi connectivity index (χ0n) is 4.04. The van der Waals surface area contributed by atoms with E-state index >= 15 is 0 Å². The van der Waals surface area contributed by atoms with E-state index in [2.05, 4.69) is 0 Å². The fourth-order valence-corrected chi connectivity index (χ4v) is 0. The Labute approximate surface area is 82.1 Å². The maximum Gasteiger partial charge on any atom is 3.00 e. The van der Waals surface area contributed by atoms with Gasteiger partial charge >= 0.3 is 17.4 Å². The summed E-state index contributed by atoms with van der Waals surface area (Å²) in [5.74, 6) is 0. The second-order valence-electron chi connectivity index (χ2n) is 0. The van der Waals surface area contributed by atoms with Gasteiger partial charge in [0.05, 0.1) is 0 Å². The van der Waals surface area contributed by atoms with Crippen molar-refractivity contribution >= 4 is 0 Å². The molecule has 0 unspecified atom stereocenters. The Kier molecular flexibility index (Phi) is 28400. The molecule has 5 nitrogen and oxygen atoms in total. The Bertz CT molecular complexity index is 12.2. The van der Waals surface area contributed by atoms with Crippen LogP contribution in [0.15, 0.2) is 0 Å². The molecule has 0 aromatic carbocycles. The summed E-state index contributed by atoms with van der Waals surface area (Å²) in [4.78, 5) is 0. The summed E-state index contributed by atoms with van der Waals surface area (Å²) < 4.78 is 0. The molecule has 67 valence electrons. The van der Waals surface area contributed by atoms with Crippen LogP contribution in [0.2, 0.25) is 0 Å². The van der Waals surface area contributed by atoms with Gasteiger partial charge in [-0.15, -0.1) is 0 Å². The molecule has 0 saturated heterocycles. The molecule has 0 aliphatic rings. The molecule has 0 spiro atoms. The van der Waals surface area contributed by atoms with Crippen LogP contribution < -0.4 is 37.2 Å². The van der Waals surface area contributed by atoms with E-state index in [-0.39, 0.29) is 82.0 Å². The van der Waals surface area contributed by atoms with Gasteiger partial charge in [-0.05, 0) is 0 Å². The van der Waals surface area contributed by atoms with Crippen molar-refractivity contribution in [3.63, 3.8) is 0 Å². The first-order valence-electron chi connectivity index (χ1n) is 0. The van der Waals surface area contributed by atoms with Gasteiger partial charge in [0.2, 0.25) is 0 Å². The Morgan fingerprint density at radius 1 is 0.333 bits per heavy atom. The van der Waals surface area contributed by atoms with Crippen LogP contribution in [0.1, 0.15) is 0 Å². The third kappa shape index (κ3) is 330. The Hall–Kier alpha value is 1.20. The Balaban J connectivity index is 0. The van der Waals surface area contributed by atoms with Crippen molar-refractivity contribution in [1.82, 2.24) is 0 Å². The molecule has 0 saturated carbocycles. The van der Waals surface area contributed by atoms with Crippen molar-refractivity contribution in [3.8, 4) is 0 Å². The van der Waals surface area contributed by atoms with Crippen molar-refractivity contribution in [3.05, 3.63) is 0 Å². The normalized spacial score (nSPS) is 0. The third-order valence-electron chi connectivity index (χ3n) is 0. The zero-order chi connectivity index (χ0) is 0. The molecule has 0 heterocycles. The number of halogens is 3. The fraction of sp³-hybridized carbons (Fsp3) is 0. The second-order valence-corrected chi connectivity index (χ2v) is 0. The minimum atomic E-state index is 0. The molecule has 10 N–H and O–H groups in total. The molecule has 0 rings (SSSR count). The summed E-state index contributed by atoms with van der Waals surface area (Å²) in [5, 5.41) is 0. The number of hydrogen-bond acceptors (Lipinski definition) is 0. The molecular formula is H10Cl3CrO5. The third-order valence-corrected chi connectivity index (χ3v) is 0. The molecule has 0 bridgehead atoms. The van der Waals surface area contributed by atoms with Crippen molar-refractivity contribution < 1.29 is 82.0 Å². The number of hydrogen-bond donors (Lipinski definition) is 0. The van der Waals surface area contributed by atoms with E-state index in [0.29, 0.717) is 0 Å². The predicted octanol–water partition coefficient (Wildman–Crippen LogP) is -13.1. The van der Waals surface area contributed by atoms with Gasteiger partial charge in [0.25, 0.3) is 0 Å². The van der Waals surface area contributed by atoms with Gasteiger partial charge in [-0.3, -0.25) is 0 Å². The minimum absolute atomic E-state index is 0. The molecule has 0 fully saturated rings. The first-order valence-corrected chi connectivity index (χ1v) is 0. The number of rotatable bonds is 0. The van der Waals surface area contributed by atoms with Crippen LogP contribution in [0, 0.1) is 0 Å². The Morgan fingerprint density at radius 3 is 0.333 bits per heavy atom. The van der Waals surface area contributed by atoms with Gasteiger partial charge in [0.1, 0.15) is 0 Å². The molecule has 0 aliphatic carbocycles. The Morgan fingerprint density at radius 2 is 0.333 bits per heavy atom. The fourth-order valence-electron chi connectivity index (χ4n) is 0. The quantitative estimate of drug-likeness (QED) is 0.399. The van der Waals surface area contributed by atoms with Gasteiger partial charge in [0.15, 0.2) is 0 Å². The molecular weight excluding hydrogens is 238 g/mol. The van der Waals surface area contributed by atoms with Crippen LogP contribution in [0.5, 0.6) is 0 Å². The topological polar surface area (TPSA) is 158 Å². The smallest absolute Gasteiger partial charge is 1.00 e. The zero-order valence-corrected chi connectivity index (χ0v) is 7.58. The summed E-state index contributed by atoms with van der Waals surface area (Å²) in [6.07, 6.45) is 0. The standard InChI is InChI=1S/3ClH.Cr.5H2O/h3*1H;;5*1H2/q;;;+3;;;;;/p-3. The van der Waals surface area contributed by atoms with E-state index in [1.807, 2.05) is 0 Å². The van der Waals surface area contributed by atoms with Crippen LogP contribution in [-0.2, 0) is 17.4 Å². The molecule has 0 aliphatic heterocycles. The summed E-state index contributed by atoms with van der Waals surface area (Å²) >= 11 is 0. The van der Waals surface area contributed by atoms with Gasteiger partial charge in [0, 0.05) is 0 Å². The molecule has 1 radical (unpaired) electrons. The monoisotopic (exact) mass is 247 g/mol. The first-order chi connectivity index (χ1) is 0. The second kappa shape index (κ2) is 428. The van der Waals surface area contributed by atoms with Crippen molar-refractivity contribution in [1.29, 1.82) is 0 Å². The summed E-state index contributed by atoms with van der Waals surface area (Å²) in [6, 6.07) is 0. The van der Waals surface area contributed by atoms with Crippen molar-refractivity contribution in [2.75, 3.05) is 0 Å². The summed E-state index contributed by atoms with van der Waals surface area (Å²) in [5.41, 5.74) is 0. The molecule has 9 heavy (non-hydrogen) atoms. The maximum absolute atomic E-state index is 0.